The molecule has 0 saturated carbocycles. The molecule has 1 aliphatic rings. The fourth-order valence-corrected chi connectivity index (χ4v) is 4.85. The van der Waals surface area contributed by atoms with Crippen molar-refractivity contribution >= 4 is 27.6 Å². The van der Waals surface area contributed by atoms with Crippen molar-refractivity contribution in [3.63, 3.8) is 0 Å². The van der Waals surface area contributed by atoms with E-state index in [9.17, 15) is 8.42 Å². The Labute approximate surface area is 212 Å². The number of anilines is 1. The van der Waals surface area contributed by atoms with Gasteiger partial charge in [0, 0.05) is 18.3 Å². The number of nitrogens with one attached hydrogen (secondary N) is 1. The molecule has 1 saturated heterocycles. The van der Waals surface area contributed by atoms with Crippen LogP contribution in [0.25, 0.3) is 5.69 Å². The Hall–Kier alpha value is -3.14. The Balaban J connectivity index is 1.77. The predicted octanol–water partition coefficient (Wildman–Crippen LogP) is 1.54. The summed E-state index contributed by atoms with van der Waals surface area (Å²) in [5.74, 6) is 0.0797. The summed E-state index contributed by atoms with van der Waals surface area (Å²) in [5, 5.41) is 7.69. The lowest BCUT2D eigenvalue weighted by Crippen LogP contribution is -2.32. The van der Waals surface area contributed by atoms with Gasteiger partial charge in [-0.15, -0.1) is 10.2 Å². The predicted molar refractivity (Wildman–Crippen MR) is 127 cm³/mol. The summed E-state index contributed by atoms with van der Waals surface area (Å²) in [6.07, 6.45) is 3.44. The van der Waals surface area contributed by atoms with E-state index < -0.39 is 27.3 Å². The van der Waals surface area contributed by atoms with E-state index in [1.165, 1.54) is 44.4 Å². The van der Waals surface area contributed by atoms with Crippen LogP contribution in [0.5, 0.6) is 11.8 Å². The molecule has 0 radical (unpaired) electrons. The first-order valence-electron chi connectivity index (χ1n) is 10.8. The number of hydrogen-bond acceptors (Lipinski definition) is 12. The number of aromatic nitrogens is 7. The third-order valence-corrected chi connectivity index (χ3v) is 7.68. The van der Waals surface area contributed by atoms with Crippen LogP contribution in [-0.4, -0.2) is 82.4 Å². The second-order valence-electron chi connectivity index (χ2n) is 7.79. The van der Waals surface area contributed by atoms with E-state index >= 15 is 0 Å². The molecule has 4 heterocycles. The summed E-state index contributed by atoms with van der Waals surface area (Å²) in [7, 11) is -1.21. The van der Waals surface area contributed by atoms with Crippen LogP contribution >= 0.6 is 11.6 Å². The summed E-state index contributed by atoms with van der Waals surface area (Å²) < 4.78 is 52.9. The molecule has 0 amide bonds. The van der Waals surface area contributed by atoms with E-state index in [0.29, 0.717) is 24.1 Å². The van der Waals surface area contributed by atoms with Crippen LogP contribution in [0.3, 0.4) is 0 Å². The summed E-state index contributed by atoms with van der Waals surface area (Å²) in [4.78, 5) is 16.6. The summed E-state index contributed by atoms with van der Waals surface area (Å²) in [5.41, 5.74) is 0.191. The molecule has 1 unspecified atom stereocenters. The van der Waals surface area contributed by atoms with Crippen molar-refractivity contribution in [2.75, 3.05) is 38.8 Å². The van der Waals surface area contributed by atoms with Gasteiger partial charge in [-0.25, -0.2) is 18.4 Å². The molecule has 0 spiro atoms. The normalized spacial score (nSPS) is 17.9. The molecule has 4 rings (SSSR count). The van der Waals surface area contributed by atoms with Gasteiger partial charge in [-0.2, -0.15) is 9.97 Å². The lowest BCUT2D eigenvalue weighted by molar-refractivity contribution is -0.0941. The van der Waals surface area contributed by atoms with Gasteiger partial charge in [-0.05, 0) is 6.92 Å². The smallest absolute Gasteiger partial charge is 0.245 e. The quantitative estimate of drug-likeness (QED) is 0.416. The van der Waals surface area contributed by atoms with Crippen LogP contribution < -0.4 is 14.2 Å². The zero-order chi connectivity index (χ0) is 25.9. The minimum Gasteiger partial charge on any atom is -0.479 e. The molecule has 0 bridgehead atoms. The Morgan fingerprint density at radius 3 is 2.33 bits per heavy atom. The highest BCUT2D eigenvalue weighted by molar-refractivity contribution is 7.93. The number of rotatable bonds is 9. The number of halogens is 1. The van der Waals surface area contributed by atoms with E-state index in [4.69, 9.17) is 30.5 Å². The minimum absolute atomic E-state index is 0.107. The van der Waals surface area contributed by atoms with E-state index in [1.807, 2.05) is 0 Å². The highest BCUT2D eigenvalue weighted by Gasteiger charge is 2.34. The molecular weight excluding hydrogens is 516 g/mol. The standard InChI is InChI=1S/C20H25ClN8O6S/c1-11(16-22-7-13(21)8-23-16)12(2)36(30,31)28-20-27-26-17(14-9-34-5-6-35-14)29(20)15-18(32-3)24-10-25-19(15)33-4/h7-8,10-12,14H,5-6,9H2,1-4H3,(H,27,28)/t11-,12-,14?/m0/s1. The van der Waals surface area contributed by atoms with E-state index in [-0.39, 0.29) is 35.8 Å². The van der Waals surface area contributed by atoms with Crippen molar-refractivity contribution in [2.45, 2.75) is 31.1 Å². The summed E-state index contributed by atoms with van der Waals surface area (Å²) >= 11 is 5.86. The lowest BCUT2D eigenvalue weighted by Gasteiger charge is -2.24. The lowest BCUT2D eigenvalue weighted by atomic mass is 10.1. The van der Waals surface area contributed by atoms with Gasteiger partial charge in [-0.1, -0.05) is 18.5 Å². The van der Waals surface area contributed by atoms with E-state index in [1.54, 1.807) is 6.92 Å². The van der Waals surface area contributed by atoms with Crippen molar-refractivity contribution in [3.05, 3.63) is 35.4 Å². The summed E-state index contributed by atoms with van der Waals surface area (Å²) in [6, 6.07) is 0. The van der Waals surface area contributed by atoms with Gasteiger partial charge in [-0.3, -0.25) is 9.29 Å². The number of methoxy groups -OCH3 is 2. The van der Waals surface area contributed by atoms with Gasteiger partial charge in [0.2, 0.25) is 27.7 Å². The Morgan fingerprint density at radius 1 is 1.08 bits per heavy atom. The second-order valence-corrected chi connectivity index (χ2v) is 10.3. The third kappa shape index (κ3) is 5.18. The van der Waals surface area contributed by atoms with Crippen molar-refractivity contribution in [1.82, 2.24) is 34.7 Å². The van der Waals surface area contributed by atoms with E-state index in [0.717, 1.165) is 0 Å². The molecule has 0 aromatic carbocycles. The highest BCUT2D eigenvalue weighted by atomic mass is 35.5. The zero-order valence-corrected chi connectivity index (χ0v) is 21.5. The Bertz CT molecular complexity index is 1280. The van der Waals surface area contributed by atoms with Gasteiger partial charge in [0.05, 0.1) is 44.3 Å². The topological polar surface area (TPSA) is 165 Å². The first kappa shape index (κ1) is 25.9. The van der Waals surface area contributed by atoms with Crippen LogP contribution in [0.2, 0.25) is 5.02 Å². The van der Waals surface area contributed by atoms with Crippen molar-refractivity contribution < 1.29 is 27.4 Å². The molecule has 0 aliphatic carbocycles. The van der Waals surface area contributed by atoms with Crippen LogP contribution in [0.4, 0.5) is 5.95 Å². The van der Waals surface area contributed by atoms with E-state index in [2.05, 4.69) is 34.9 Å². The summed E-state index contributed by atoms with van der Waals surface area (Å²) in [6.45, 7) is 4.18. The second kappa shape index (κ2) is 10.9. The zero-order valence-electron chi connectivity index (χ0n) is 20.0. The number of hydrogen-bond donors (Lipinski definition) is 1. The fraction of sp³-hybridized carbons (Fsp3) is 0.500. The number of sulfonamides is 1. The van der Waals surface area contributed by atoms with Gasteiger partial charge in [0.15, 0.2) is 11.5 Å². The van der Waals surface area contributed by atoms with Gasteiger partial charge >= 0.3 is 0 Å². The fourth-order valence-electron chi connectivity index (χ4n) is 3.52. The maximum atomic E-state index is 13.4. The first-order chi connectivity index (χ1) is 17.3. The maximum Gasteiger partial charge on any atom is 0.245 e. The van der Waals surface area contributed by atoms with Crippen molar-refractivity contribution in [1.29, 1.82) is 0 Å². The third-order valence-electron chi connectivity index (χ3n) is 5.63. The average Bonchev–Trinajstić information content (AvgIpc) is 3.30. The molecule has 3 aromatic rings. The SMILES string of the molecule is COc1ncnc(OC)c1-n1c(NS(=O)(=O)[C@@H](C)[C@H](C)c2ncc(Cl)cn2)nnc1C1COCCO1. The molecule has 194 valence electrons. The number of nitrogens with zero attached hydrogens (tertiary/aromatic N) is 7. The highest BCUT2D eigenvalue weighted by Crippen LogP contribution is 2.35. The molecule has 1 fully saturated rings. The molecule has 3 aromatic heterocycles. The Morgan fingerprint density at radius 2 is 1.75 bits per heavy atom. The monoisotopic (exact) mass is 540 g/mol. The Kier molecular flexibility index (Phi) is 7.82. The van der Waals surface area contributed by atoms with Crippen LogP contribution in [0.1, 0.15) is 37.5 Å². The van der Waals surface area contributed by atoms with Crippen molar-refractivity contribution in [2.24, 2.45) is 0 Å². The largest absolute Gasteiger partial charge is 0.479 e. The molecule has 14 nitrogen and oxygen atoms in total. The molecule has 16 heteroatoms. The maximum absolute atomic E-state index is 13.4. The van der Waals surface area contributed by atoms with Crippen LogP contribution in [0.15, 0.2) is 18.7 Å². The minimum atomic E-state index is -4.04. The molecular formula is C20H25ClN8O6S. The van der Waals surface area contributed by atoms with Gasteiger partial charge in [0.25, 0.3) is 0 Å². The van der Waals surface area contributed by atoms with Gasteiger partial charge < -0.3 is 18.9 Å². The van der Waals surface area contributed by atoms with Crippen molar-refractivity contribution in [3.8, 4) is 17.4 Å². The average molecular weight is 541 g/mol. The van der Waals surface area contributed by atoms with Crippen LogP contribution in [-0.2, 0) is 19.5 Å². The number of ether oxygens (including phenoxy) is 4. The molecule has 1 aliphatic heterocycles. The van der Waals surface area contributed by atoms with Crippen LogP contribution in [0, 0.1) is 0 Å². The first-order valence-corrected chi connectivity index (χ1v) is 12.8. The molecule has 3 atom stereocenters. The molecule has 1 N–H and O–H groups in total. The molecule has 36 heavy (non-hydrogen) atoms. The van der Waals surface area contributed by atoms with Gasteiger partial charge in [0.1, 0.15) is 18.3 Å².